The van der Waals surface area contributed by atoms with Crippen LogP contribution < -0.4 is 10.6 Å². The molecule has 3 rings (SSSR count). The van der Waals surface area contributed by atoms with E-state index in [9.17, 15) is 27.9 Å². The van der Waals surface area contributed by atoms with Gasteiger partial charge in [0.05, 0.1) is 6.04 Å². The highest BCUT2D eigenvalue weighted by Crippen LogP contribution is 2.43. The largest absolute Gasteiger partial charge is 0.437 e. The number of Topliss-reactive ketones (excluding diaryl/α,β-unsaturated/α-hetero) is 1. The van der Waals surface area contributed by atoms with Crippen LogP contribution in [0.2, 0.25) is 5.02 Å². The topological polar surface area (TPSA) is 91.3 Å². The summed E-state index contributed by atoms with van der Waals surface area (Å²) in [5.41, 5.74) is -3.73. The molecule has 142 valence electrons. The molecule has 3 atom stereocenters. The summed E-state index contributed by atoms with van der Waals surface area (Å²) in [6.07, 6.45) is -2.86. The van der Waals surface area contributed by atoms with E-state index in [1.54, 1.807) is 0 Å². The van der Waals surface area contributed by atoms with Crippen LogP contribution in [-0.4, -0.2) is 33.8 Å². The number of urea groups is 1. The first kappa shape index (κ1) is 19.1. The number of ketones is 1. The number of amides is 2. The van der Waals surface area contributed by atoms with Gasteiger partial charge in [-0.1, -0.05) is 23.7 Å². The van der Waals surface area contributed by atoms with E-state index in [0.29, 0.717) is 5.02 Å². The monoisotopic (exact) mass is 399 g/mol. The molecule has 27 heavy (non-hydrogen) atoms. The molecule has 6 nitrogen and oxygen atoms in total. The Morgan fingerprint density at radius 2 is 1.89 bits per heavy atom. The lowest BCUT2D eigenvalue weighted by Crippen LogP contribution is -2.72. The van der Waals surface area contributed by atoms with E-state index in [1.165, 1.54) is 47.9 Å². The van der Waals surface area contributed by atoms with Crippen molar-refractivity contribution in [3.8, 4) is 0 Å². The van der Waals surface area contributed by atoms with Gasteiger partial charge in [-0.2, -0.15) is 13.2 Å². The van der Waals surface area contributed by atoms with Gasteiger partial charge in [-0.15, -0.1) is 0 Å². The lowest BCUT2D eigenvalue weighted by atomic mass is 9.77. The third-order valence-corrected chi connectivity index (χ3v) is 4.52. The van der Waals surface area contributed by atoms with Gasteiger partial charge >= 0.3 is 12.2 Å². The van der Waals surface area contributed by atoms with Gasteiger partial charge in [0.1, 0.15) is 5.92 Å². The molecule has 2 heterocycles. The minimum Gasteiger partial charge on any atom is -0.363 e. The molecular formula is C17H13ClF3N3O3. The molecule has 1 aromatic heterocycles. The third kappa shape index (κ3) is 3.47. The molecule has 1 aliphatic rings. The van der Waals surface area contributed by atoms with Crippen LogP contribution in [0.3, 0.4) is 0 Å². The van der Waals surface area contributed by atoms with Crippen molar-refractivity contribution in [3.05, 3.63) is 64.9 Å². The number of hydrogen-bond donors (Lipinski definition) is 3. The van der Waals surface area contributed by atoms with E-state index >= 15 is 0 Å². The summed E-state index contributed by atoms with van der Waals surface area (Å²) in [5, 5.41) is 14.5. The molecule has 0 aliphatic carbocycles. The number of rotatable bonds is 3. The van der Waals surface area contributed by atoms with Crippen molar-refractivity contribution >= 4 is 23.4 Å². The Hall–Kier alpha value is -2.65. The third-order valence-electron chi connectivity index (χ3n) is 4.26. The fraction of sp³-hybridized carbons (Fsp3) is 0.235. The van der Waals surface area contributed by atoms with Crippen molar-refractivity contribution in [2.75, 3.05) is 0 Å². The molecule has 0 unspecified atom stereocenters. The smallest absolute Gasteiger partial charge is 0.363 e. The van der Waals surface area contributed by atoms with Gasteiger partial charge in [-0.05, 0) is 29.8 Å². The normalized spacial score (nSPS) is 25.4. The molecule has 1 fully saturated rings. The fourth-order valence-electron chi connectivity index (χ4n) is 2.97. The van der Waals surface area contributed by atoms with Crippen LogP contribution in [0, 0.1) is 5.92 Å². The van der Waals surface area contributed by atoms with Gasteiger partial charge in [0, 0.05) is 23.0 Å². The maximum absolute atomic E-state index is 13.7. The quantitative estimate of drug-likeness (QED) is 0.692. The predicted octanol–water partition coefficient (Wildman–Crippen LogP) is 2.84. The second kappa shape index (κ2) is 6.82. The van der Waals surface area contributed by atoms with Crippen molar-refractivity contribution in [2.24, 2.45) is 5.92 Å². The number of benzene rings is 1. The summed E-state index contributed by atoms with van der Waals surface area (Å²) in [4.78, 5) is 28.5. The van der Waals surface area contributed by atoms with E-state index in [4.69, 9.17) is 11.6 Å². The van der Waals surface area contributed by atoms with Crippen LogP contribution in [0.25, 0.3) is 0 Å². The van der Waals surface area contributed by atoms with Gasteiger partial charge in [-0.3, -0.25) is 9.78 Å². The van der Waals surface area contributed by atoms with Gasteiger partial charge in [0.2, 0.25) is 5.72 Å². The molecular weight excluding hydrogens is 387 g/mol. The zero-order valence-corrected chi connectivity index (χ0v) is 14.3. The lowest BCUT2D eigenvalue weighted by molar-refractivity contribution is -0.287. The average molecular weight is 400 g/mol. The van der Waals surface area contributed by atoms with Crippen molar-refractivity contribution in [2.45, 2.75) is 17.9 Å². The lowest BCUT2D eigenvalue weighted by Gasteiger charge is -2.45. The Bertz CT molecular complexity index is 861. The van der Waals surface area contributed by atoms with Crippen LogP contribution in [-0.2, 0) is 0 Å². The molecule has 1 aliphatic heterocycles. The highest BCUT2D eigenvalue weighted by atomic mass is 35.5. The molecule has 1 aromatic carbocycles. The van der Waals surface area contributed by atoms with Crippen molar-refractivity contribution in [3.63, 3.8) is 0 Å². The summed E-state index contributed by atoms with van der Waals surface area (Å²) in [7, 11) is 0. The van der Waals surface area contributed by atoms with Crippen molar-refractivity contribution < 1.29 is 27.9 Å². The number of aromatic nitrogens is 1. The zero-order valence-electron chi connectivity index (χ0n) is 13.5. The number of nitrogens with one attached hydrogen (secondary N) is 2. The van der Waals surface area contributed by atoms with E-state index in [1.807, 2.05) is 0 Å². The minimum atomic E-state index is -5.31. The first-order valence-electron chi connectivity index (χ1n) is 7.71. The Morgan fingerprint density at radius 1 is 1.22 bits per heavy atom. The molecule has 0 saturated carbocycles. The number of nitrogens with zero attached hydrogens (tertiary/aromatic N) is 1. The highest BCUT2D eigenvalue weighted by Gasteiger charge is 2.66. The summed E-state index contributed by atoms with van der Waals surface area (Å²) in [6.45, 7) is 0. The van der Waals surface area contributed by atoms with Gasteiger partial charge in [-0.25, -0.2) is 4.79 Å². The number of carbonyl (C=O) groups excluding carboxylic acids is 2. The van der Waals surface area contributed by atoms with E-state index in [-0.39, 0.29) is 11.1 Å². The molecule has 1 saturated heterocycles. The Labute approximate surface area is 156 Å². The number of alkyl halides is 3. The average Bonchev–Trinajstić information content (AvgIpc) is 2.61. The molecule has 0 spiro atoms. The second-order valence-electron chi connectivity index (χ2n) is 5.98. The summed E-state index contributed by atoms with van der Waals surface area (Å²) >= 11 is 5.80. The van der Waals surface area contributed by atoms with Gasteiger partial charge in [0.15, 0.2) is 5.78 Å². The minimum absolute atomic E-state index is 0.137. The predicted molar refractivity (Wildman–Crippen MR) is 88.9 cm³/mol. The van der Waals surface area contributed by atoms with Crippen LogP contribution in [0.4, 0.5) is 18.0 Å². The summed E-state index contributed by atoms with van der Waals surface area (Å²) in [5.74, 6) is -3.13. The van der Waals surface area contributed by atoms with Crippen LogP contribution >= 0.6 is 11.6 Å². The molecule has 3 N–H and O–H groups in total. The highest BCUT2D eigenvalue weighted by molar-refractivity contribution is 6.30. The molecule has 10 heteroatoms. The maximum atomic E-state index is 13.7. The van der Waals surface area contributed by atoms with E-state index in [2.05, 4.69) is 10.3 Å². The molecule has 0 radical (unpaired) electrons. The number of halogens is 4. The van der Waals surface area contributed by atoms with Crippen molar-refractivity contribution in [1.82, 2.24) is 15.6 Å². The summed E-state index contributed by atoms with van der Waals surface area (Å²) < 4.78 is 41.1. The van der Waals surface area contributed by atoms with E-state index in [0.717, 1.165) is 6.20 Å². The Morgan fingerprint density at radius 3 is 2.44 bits per heavy atom. The second-order valence-corrected chi connectivity index (χ2v) is 6.41. The van der Waals surface area contributed by atoms with Crippen LogP contribution in [0.1, 0.15) is 22.0 Å². The zero-order chi connectivity index (χ0) is 19.8. The SMILES string of the molecule is O=C1N[C@@H](c2ccc(Cl)cc2)[C@@H](C(=O)c2cccnc2)[C@@](O)(C(F)(F)F)N1. The van der Waals surface area contributed by atoms with Crippen LogP contribution in [0.5, 0.6) is 0 Å². The number of hydrogen-bond acceptors (Lipinski definition) is 4. The van der Waals surface area contributed by atoms with Crippen LogP contribution in [0.15, 0.2) is 48.8 Å². The molecule has 0 bridgehead atoms. The van der Waals surface area contributed by atoms with E-state index < -0.39 is 35.7 Å². The number of aliphatic hydroxyl groups is 1. The van der Waals surface area contributed by atoms with Gasteiger partial charge < -0.3 is 15.7 Å². The first-order valence-corrected chi connectivity index (χ1v) is 8.09. The Kier molecular flexibility index (Phi) is 4.83. The van der Waals surface area contributed by atoms with Gasteiger partial charge in [0.25, 0.3) is 0 Å². The maximum Gasteiger partial charge on any atom is 0.437 e. The Balaban J connectivity index is 2.15. The molecule has 2 aromatic rings. The van der Waals surface area contributed by atoms with Crippen molar-refractivity contribution in [1.29, 1.82) is 0 Å². The number of pyridine rings is 1. The molecule has 2 amide bonds. The fourth-order valence-corrected chi connectivity index (χ4v) is 3.10. The standard InChI is InChI=1S/C17H13ClF3N3O3/c18-11-5-3-9(4-6-11)13-12(14(25)10-2-1-7-22-8-10)16(27,17(19,20)21)24-15(26)23-13/h1-8,12-13,27H,(H2,23,24,26)/t12-,13-,16+/m0/s1. The number of carbonyl (C=O) groups is 2. The summed E-state index contributed by atoms with van der Waals surface area (Å²) in [6, 6.07) is 5.51. The first-order chi connectivity index (χ1) is 12.6.